The molecule has 19 heavy (non-hydrogen) atoms. The molecule has 0 aromatic carbocycles. The van der Waals surface area contributed by atoms with Crippen LogP contribution < -0.4 is 10.6 Å². The molecular weight excluding hydrogens is 244 g/mol. The van der Waals surface area contributed by atoms with Crippen LogP contribution in [0.5, 0.6) is 0 Å². The molecular formula is C14H28N2O3. The van der Waals surface area contributed by atoms with E-state index in [9.17, 15) is 9.90 Å². The number of carbonyl (C=O) groups excluding carboxylic acids is 1. The van der Waals surface area contributed by atoms with Crippen LogP contribution in [0.25, 0.3) is 0 Å². The zero-order valence-electron chi connectivity index (χ0n) is 12.3. The van der Waals surface area contributed by atoms with Crippen LogP contribution in [0.4, 0.5) is 4.79 Å². The van der Waals surface area contributed by atoms with E-state index in [1.165, 1.54) is 6.42 Å². The van der Waals surface area contributed by atoms with Gasteiger partial charge in [0.15, 0.2) is 0 Å². The zero-order chi connectivity index (χ0) is 14.3. The van der Waals surface area contributed by atoms with Crippen molar-refractivity contribution in [2.75, 3.05) is 13.7 Å². The molecule has 5 heteroatoms. The van der Waals surface area contributed by atoms with E-state index in [0.717, 1.165) is 19.3 Å². The maximum Gasteiger partial charge on any atom is 0.315 e. The highest BCUT2D eigenvalue weighted by molar-refractivity contribution is 5.74. The van der Waals surface area contributed by atoms with Crippen LogP contribution in [0.1, 0.15) is 46.0 Å². The molecule has 0 spiro atoms. The minimum absolute atomic E-state index is 0.117. The van der Waals surface area contributed by atoms with Crippen molar-refractivity contribution < 1.29 is 14.6 Å². The molecule has 4 atom stereocenters. The Morgan fingerprint density at radius 2 is 2.05 bits per heavy atom. The van der Waals surface area contributed by atoms with E-state index in [1.54, 1.807) is 14.0 Å². The molecule has 0 radical (unpaired) electrons. The molecule has 2 amide bonds. The number of hydrogen-bond acceptors (Lipinski definition) is 3. The number of rotatable bonds is 6. The highest BCUT2D eigenvalue weighted by Gasteiger charge is 2.26. The summed E-state index contributed by atoms with van der Waals surface area (Å²) in [6, 6.07) is -0.0165. The summed E-state index contributed by atoms with van der Waals surface area (Å²) in [6.45, 7) is 4.37. The third kappa shape index (κ3) is 6.25. The fourth-order valence-electron chi connectivity index (χ4n) is 2.70. The van der Waals surface area contributed by atoms with Crippen molar-refractivity contribution in [2.45, 2.75) is 64.2 Å². The van der Waals surface area contributed by atoms with E-state index >= 15 is 0 Å². The molecule has 0 aromatic heterocycles. The van der Waals surface area contributed by atoms with Crippen molar-refractivity contribution in [3.05, 3.63) is 0 Å². The summed E-state index contributed by atoms with van der Waals surface area (Å²) in [5, 5.41) is 15.1. The van der Waals surface area contributed by atoms with Gasteiger partial charge in [-0.05, 0) is 32.1 Å². The van der Waals surface area contributed by atoms with Crippen LogP contribution in [-0.2, 0) is 4.74 Å². The van der Waals surface area contributed by atoms with E-state index in [2.05, 4.69) is 10.6 Å². The Morgan fingerprint density at radius 1 is 1.37 bits per heavy atom. The van der Waals surface area contributed by atoms with E-state index in [-0.39, 0.29) is 30.2 Å². The zero-order valence-corrected chi connectivity index (χ0v) is 12.3. The highest BCUT2D eigenvalue weighted by atomic mass is 16.5. The van der Waals surface area contributed by atoms with Crippen molar-refractivity contribution in [2.24, 2.45) is 5.92 Å². The SMILES string of the molecule is COC1CCCCC1NC(=O)NCC(C)CC(C)O. The second kappa shape index (κ2) is 8.38. The Kier molecular flexibility index (Phi) is 7.16. The van der Waals surface area contributed by atoms with E-state index < -0.39 is 0 Å². The van der Waals surface area contributed by atoms with Gasteiger partial charge in [-0.2, -0.15) is 0 Å². The van der Waals surface area contributed by atoms with Crippen LogP contribution in [-0.4, -0.2) is 43.0 Å². The molecule has 1 aliphatic rings. The van der Waals surface area contributed by atoms with Crippen LogP contribution in [0.15, 0.2) is 0 Å². The quantitative estimate of drug-likeness (QED) is 0.688. The Hall–Kier alpha value is -0.810. The van der Waals surface area contributed by atoms with Gasteiger partial charge in [-0.3, -0.25) is 0 Å². The predicted molar refractivity (Wildman–Crippen MR) is 75.0 cm³/mol. The van der Waals surface area contributed by atoms with Crippen molar-refractivity contribution in [1.29, 1.82) is 0 Å². The lowest BCUT2D eigenvalue weighted by molar-refractivity contribution is 0.0451. The fraction of sp³-hybridized carbons (Fsp3) is 0.929. The van der Waals surface area contributed by atoms with Gasteiger partial charge in [0.05, 0.1) is 18.2 Å². The van der Waals surface area contributed by atoms with Gasteiger partial charge < -0.3 is 20.5 Å². The Bertz CT molecular complexity index is 271. The van der Waals surface area contributed by atoms with Crippen LogP contribution in [0.2, 0.25) is 0 Å². The molecule has 1 fully saturated rings. The Labute approximate surface area is 116 Å². The predicted octanol–water partition coefficient (Wildman–Crippen LogP) is 1.65. The first kappa shape index (κ1) is 16.2. The van der Waals surface area contributed by atoms with Crippen LogP contribution >= 0.6 is 0 Å². The van der Waals surface area contributed by atoms with Gasteiger partial charge in [0, 0.05) is 13.7 Å². The molecule has 4 unspecified atom stereocenters. The monoisotopic (exact) mass is 272 g/mol. The largest absolute Gasteiger partial charge is 0.393 e. The topological polar surface area (TPSA) is 70.6 Å². The average molecular weight is 272 g/mol. The molecule has 1 saturated carbocycles. The smallest absolute Gasteiger partial charge is 0.315 e. The second-order valence-electron chi connectivity index (χ2n) is 5.71. The van der Waals surface area contributed by atoms with Gasteiger partial charge in [0.25, 0.3) is 0 Å². The molecule has 0 aromatic rings. The van der Waals surface area contributed by atoms with Gasteiger partial charge in [-0.1, -0.05) is 19.8 Å². The number of methoxy groups -OCH3 is 1. The number of amides is 2. The lowest BCUT2D eigenvalue weighted by Crippen LogP contribution is -2.50. The number of urea groups is 1. The lowest BCUT2D eigenvalue weighted by Gasteiger charge is -2.31. The molecule has 0 heterocycles. The standard InChI is InChI=1S/C14H28N2O3/c1-10(8-11(2)17)9-15-14(18)16-12-6-4-5-7-13(12)19-3/h10-13,17H,4-9H2,1-3H3,(H2,15,16,18). The maximum absolute atomic E-state index is 11.8. The Morgan fingerprint density at radius 3 is 2.68 bits per heavy atom. The van der Waals surface area contributed by atoms with Gasteiger partial charge in [-0.25, -0.2) is 4.79 Å². The lowest BCUT2D eigenvalue weighted by atomic mass is 9.92. The van der Waals surface area contributed by atoms with Crippen molar-refractivity contribution >= 4 is 6.03 Å². The number of aliphatic hydroxyl groups excluding tert-OH is 1. The summed E-state index contributed by atoms with van der Waals surface area (Å²) in [5.74, 6) is 0.273. The molecule has 5 nitrogen and oxygen atoms in total. The molecule has 0 saturated heterocycles. The first-order valence-corrected chi connectivity index (χ1v) is 7.28. The summed E-state index contributed by atoms with van der Waals surface area (Å²) < 4.78 is 5.41. The van der Waals surface area contributed by atoms with Crippen LogP contribution in [0.3, 0.4) is 0 Å². The number of nitrogens with one attached hydrogen (secondary N) is 2. The number of hydrogen-bond donors (Lipinski definition) is 3. The average Bonchev–Trinajstić information content (AvgIpc) is 2.36. The summed E-state index contributed by atoms with van der Waals surface area (Å²) in [4.78, 5) is 11.8. The van der Waals surface area contributed by atoms with Gasteiger partial charge >= 0.3 is 6.03 Å². The van der Waals surface area contributed by atoms with Crippen molar-refractivity contribution in [1.82, 2.24) is 10.6 Å². The number of carbonyl (C=O) groups is 1. The third-order valence-electron chi connectivity index (χ3n) is 3.68. The molecule has 1 rings (SSSR count). The van der Waals surface area contributed by atoms with Crippen LogP contribution in [0, 0.1) is 5.92 Å². The van der Waals surface area contributed by atoms with Gasteiger partial charge in [-0.15, -0.1) is 0 Å². The van der Waals surface area contributed by atoms with Gasteiger partial charge in [0.2, 0.25) is 0 Å². The van der Waals surface area contributed by atoms with Crippen molar-refractivity contribution in [3.63, 3.8) is 0 Å². The summed E-state index contributed by atoms with van der Waals surface area (Å²) in [6.07, 6.45) is 4.82. The minimum atomic E-state index is -0.323. The first-order valence-electron chi connectivity index (χ1n) is 7.28. The summed E-state index contributed by atoms with van der Waals surface area (Å²) >= 11 is 0. The van der Waals surface area contributed by atoms with E-state index in [1.807, 2.05) is 6.92 Å². The summed E-state index contributed by atoms with van der Waals surface area (Å²) in [7, 11) is 1.70. The maximum atomic E-state index is 11.8. The first-order chi connectivity index (χ1) is 9.02. The highest BCUT2D eigenvalue weighted by Crippen LogP contribution is 2.20. The normalized spacial score (nSPS) is 26.5. The minimum Gasteiger partial charge on any atom is -0.393 e. The van der Waals surface area contributed by atoms with Gasteiger partial charge in [0.1, 0.15) is 0 Å². The second-order valence-corrected chi connectivity index (χ2v) is 5.71. The van der Waals surface area contributed by atoms with E-state index in [0.29, 0.717) is 13.0 Å². The molecule has 112 valence electrons. The molecule has 1 aliphatic carbocycles. The molecule has 0 bridgehead atoms. The Balaban J connectivity index is 2.26. The fourth-order valence-corrected chi connectivity index (χ4v) is 2.70. The number of aliphatic hydroxyl groups is 1. The summed E-state index contributed by atoms with van der Waals surface area (Å²) in [5.41, 5.74) is 0. The molecule has 3 N–H and O–H groups in total. The third-order valence-corrected chi connectivity index (χ3v) is 3.68. The van der Waals surface area contributed by atoms with Crippen molar-refractivity contribution in [3.8, 4) is 0 Å². The molecule has 0 aliphatic heterocycles. The number of ether oxygens (including phenoxy) is 1. The van der Waals surface area contributed by atoms with E-state index in [4.69, 9.17) is 4.74 Å².